The molecule has 0 unspecified atom stereocenters. The molecule has 0 bridgehead atoms. The van der Waals surface area contributed by atoms with Gasteiger partial charge in [-0.05, 0) is 38.8 Å². The zero-order valence-electron chi connectivity index (χ0n) is 12.4. The summed E-state index contributed by atoms with van der Waals surface area (Å²) in [5.74, 6) is 0.973. The third-order valence-electron chi connectivity index (χ3n) is 3.48. The molecule has 0 spiro atoms. The van der Waals surface area contributed by atoms with E-state index in [0.717, 1.165) is 19.0 Å². The zero-order valence-corrected chi connectivity index (χ0v) is 15.6. The lowest BCUT2D eigenvalue weighted by atomic mass is 9.96. The molecule has 0 radical (unpaired) electrons. The van der Waals surface area contributed by atoms with Crippen molar-refractivity contribution in [3.05, 3.63) is 21.9 Å². The molecule has 2 rings (SSSR count). The third kappa shape index (κ3) is 5.99. The average Bonchev–Trinajstić information content (AvgIpc) is 2.83. The maximum atomic E-state index is 4.70. The van der Waals surface area contributed by atoms with Crippen LogP contribution in [-0.4, -0.2) is 18.5 Å². The molecule has 3 nitrogen and oxygen atoms in total. The smallest absolute Gasteiger partial charge is 0.191 e. The van der Waals surface area contributed by atoms with Crippen molar-refractivity contribution in [1.29, 1.82) is 0 Å². The van der Waals surface area contributed by atoms with Crippen LogP contribution in [0.4, 0.5) is 0 Å². The van der Waals surface area contributed by atoms with Gasteiger partial charge in [0.25, 0.3) is 0 Å². The Labute approximate surface area is 143 Å². The maximum Gasteiger partial charge on any atom is 0.191 e. The van der Waals surface area contributed by atoms with Crippen LogP contribution in [0.2, 0.25) is 0 Å². The Morgan fingerprint density at radius 2 is 2.05 bits per heavy atom. The van der Waals surface area contributed by atoms with Gasteiger partial charge in [-0.15, -0.1) is 35.3 Å². The first-order valence-electron chi connectivity index (χ1n) is 7.38. The van der Waals surface area contributed by atoms with Gasteiger partial charge < -0.3 is 10.6 Å². The molecule has 114 valence electrons. The van der Waals surface area contributed by atoms with Gasteiger partial charge in [0.1, 0.15) is 0 Å². The van der Waals surface area contributed by atoms with Crippen LogP contribution in [-0.2, 0) is 6.54 Å². The third-order valence-corrected chi connectivity index (χ3v) is 4.46. The normalized spacial score (nSPS) is 16.6. The lowest BCUT2D eigenvalue weighted by Gasteiger charge is -2.24. The van der Waals surface area contributed by atoms with Gasteiger partial charge in [0, 0.05) is 22.3 Å². The minimum absolute atomic E-state index is 0. The van der Waals surface area contributed by atoms with Gasteiger partial charge in [-0.25, -0.2) is 4.99 Å². The van der Waals surface area contributed by atoms with Crippen LogP contribution in [0.1, 0.15) is 48.8 Å². The highest BCUT2D eigenvalue weighted by atomic mass is 127. The highest BCUT2D eigenvalue weighted by Gasteiger charge is 2.14. The summed E-state index contributed by atoms with van der Waals surface area (Å²) < 4.78 is 0. The topological polar surface area (TPSA) is 36.4 Å². The van der Waals surface area contributed by atoms with Gasteiger partial charge >= 0.3 is 0 Å². The van der Waals surface area contributed by atoms with Crippen LogP contribution in [0.15, 0.2) is 17.1 Å². The molecule has 1 aliphatic rings. The van der Waals surface area contributed by atoms with E-state index in [1.165, 1.54) is 41.9 Å². The van der Waals surface area contributed by atoms with Gasteiger partial charge in [0.2, 0.25) is 0 Å². The second-order valence-electron chi connectivity index (χ2n) is 5.19. The van der Waals surface area contributed by atoms with Crippen molar-refractivity contribution in [1.82, 2.24) is 10.6 Å². The van der Waals surface area contributed by atoms with E-state index in [0.29, 0.717) is 6.04 Å². The Balaban J connectivity index is 0.00000200. The Kier molecular flexibility index (Phi) is 8.52. The molecule has 0 saturated heterocycles. The fourth-order valence-corrected chi connectivity index (χ4v) is 3.30. The standard InChI is InChI=1S/C15H25N3S.HI/c1-3-16-15(18-13-7-5-4-6-8-13)17-11-14-10-9-12(2)19-14;/h9-10,13H,3-8,11H2,1-2H3,(H2,16,17,18);1H. The first kappa shape index (κ1) is 17.8. The molecule has 1 saturated carbocycles. The van der Waals surface area contributed by atoms with Gasteiger partial charge in [0.15, 0.2) is 5.96 Å². The summed E-state index contributed by atoms with van der Waals surface area (Å²) in [6.45, 7) is 5.96. The van der Waals surface area contributed by atoms with Crippen LogP contribution >= 0.6 is 35.3 Å². The number of aliphatic imine (C=N–C) groups is 1. The maximum absolute atomic E-state index is 4.70. The summed E-state index contributed by atoms with van der Waals surface area (Å²) in [5, 5.41) is 6.93. The highest BCUT2D eigenvalue weighted by Crippen LogP contribution is 2.18. The number of halogens is 1. The van der Waals surface area contributed by atoms with Gasteiger partial charge in [-0.3, -0.25) is 0 Å². The number of nitrogens with one attached hydrogen (secondary N) is 2. The summed E-state index contributed by atoms with van der Waals surface area (Å²) in [6.07, 6.45) is 6.65. The van der Waals surface area contributed by atoms with Gasteiger partial charge in [-0.2, -0.15) is 0 Å². The van der Waals surface area contributed by atoms with E-state index in [1.54, 1.807) is 0 Å². The Morgan fingerprint density at radius 1 is 1.30 bits per heavy atom. The number of aryl methyl sites for hydroxylation is 1. The van der Waals surface area contributed by atoms with E-state index in [9.17, 15) is 0 Å². The first-order chi connectivity index (χ1) is 9.28. The van der Waals surface area contributed by atoms with Crippen molar-refractivity contribution in [2.24, 2.45) is 4.99 Å². The largest absolute Gasteiger partial charge is 0.357 e. The molecule has 1 heterocycles. The van der Waals surface area contributed by atoms with E-state index in [2.05, 4.69) is 36.6 Å². The SMILES string of the molecule is CCNC(=NCc1ccc(C)s1)NC1CCCCC1.I. The van der Waals surface area contributed by atoms with Crippen LogP contribution < -0.4 is 10.6 Å². The van der Waals surface area contributed by atoms with E-state index < -0.39 is 0 Å². The van der Waals surface area contributed by atoms with E-state index in [4.69, 9.17) is 4.99 Å². The molecule has 0 aromatic carbocycles. The molecule has 1 aromatic heterocycles. The highest BCUT2D eigenvalue weighted by molar-refractivity contribution is 14.0. The molecule has 0 amide bonds. The molecular weight excluding hydrogens is 381 g/mol. The Morgan fingerprint density at radius 3 is 2.65 bits per heavy atom. The van der Waals surface area contributed by atoms with Crippen LogP contribution in [0.3, 0.4) is 0 Å². The number of thiophene rings is 1. The molecule has 1 aromatic rings. The second-order valence-corrected chi connectivity index (χ2v) is 6.56. The Hall–Kier alpha value is -0.300. The minimum atomic E-state index is 0. The lowest BCUT2D eigenvalue weighted by Crippen LogP contribution is -2.44. The van der Waals surface area contributed by atoms with Crippen molar-refractivity contribution >= 4 is 41.3 Å². The number of nitrogens with zero attached hydrogens (tertiary/aromatic N) is 1. The van der Waals surface area contributed by atoms with E-state index in [-0.39, 0.29) is 24.0 Å². The molecule has 20 heavy (non-hydrogen) atoms. The number of guanidine groups is 1. The quantitative estimate of drug-likeness (QED) is 0.449. The fraction of sp³-hybridized carbons (Fsp3) is 0.667. The van der Waals surface area contributed by atoms with Gasteiger partial charge in [-0.1, -0.05) is 19.3 Å². The number of rotatable bonds is 4. The monoisotopic (exact) mass is 407 g/mol. The molecule has 1 aliphatic carbocycles. The summed E-state index contributed by atoms with van der Waals surface area (Å²) in [4.78, 5) is 7.38. The summed E-state index contributed by atoms with van der Waals surface area (Å²) in [5.41, 5.74) is 0. The van der Waals surface area contributed by atoms with E-state index in [1.807, 2.05) is 11.3 Å². The zero-order chi connectivity index (χ0) is 13.5. The van der Waals surface area contributed by atoms with Crippen molar-refractivity contribution in [3.63, 3.8) is 0 Å². The summed E-state index contributed by atoms with van der Waals surface area (Å²) in [7, 11) is 0. The van der Waals surface area contributed by atoms with Crippen molar-refractivity contribution in [2.45, 2.75) is 58.5 Å². The molecule has 0 aliphatic heterocycles. The van der Waals surface area contributed by atoms with Crippen LogP contribution in [0, 0.1) is 6.92 Å². The number of hydrogen-bond acceptors (Lipinski definition) is 2. The lowest BCUT2D eigenvalue weighted by molar-refractivity contribution is 0.410. The minimum Gasteiger partial charge on any atom is -0.357 e. The predicted molar refractivity (Wildman–Crippen MR) is 99.3 cm³/mol. The molecule has 5 heteroatoms. The average molecular weight is 407 g/mol. The second kappa shape index (κ2) is 9.60. The van der Waals surface area contributed by atoms with Crippen molar-refractivity contribution < 1.29 is 0 Å². The van der Waals surface area contributed by atoms with Crippen molar-refractivity contribution in [2.75, 3.05) is 6.54 Å². The molecular formula is C15H26IN3S. The van der Waals surface area contributed by atoms with Crippen LogP contribution in [0.5, 0.6) is 0 Å². The Bertz CT molecular complexity index is 411. The van der Waals surface area contributed by atoms with E-state index >= 15 is 0 Å². The first-order valence-corrected chi connectivity index (χ1v) is 8.19. The molecule has 1 fully saturated rings. The predicted octanol–water partition coefficient (Wildman–Crippen LogP) is 4.06. The summed E-state index contributed by atoms with van der Waals surface area (Å²) >= 11 is 1.83. The van der Waals surface area contributed by atoms with Crippen LogP contribution in [0.25, 0.3) is 0 Å². The summed E-state index contributed by atoms with van der Waals surface area (Å²) in [6, 6.07) is 4.95. The molecule has 0 atom stereocenters. The molecule has 2 N–H and O–H groups in total. The number of hydrogen-bond donors (Lipinski definition) is 2. The van der Waals surface area contributed by atoms with Gasteiger partial charge in [0.05, 0.1) is 6.54 Å². The fourth-order valence-electron chi connectivity index (χ4n) is 2.49. The van der Waals surface area contributed by atoms with Crippen molar-refractivity contribution in [3.8, 4) is 0 Å².